The Bertz CT molecular complexity index is 1140. The van der Waals surface area contributed by atoms with Gasteiger partial charge in [-0.15, -0.1) is 0 Å². The van der Waals surface area contributed by atoms with Gasteiger partial charge < -0.3 is 18.9 Å². The van der Waals surface area contributed by atoms with Crippen LogP contribution in [0.25, 0.3) is 5.57 Å². The summed E-state index contributed by atoms with van der Waals surface area (Å²) in [7, 11) is 3.41. The quantitative estimate of drug-likeness (QED) is 0.344. The van der Waals surface area contributed by atoms with Gasteiger partial charge in [0.15, 0.2) is 0 Å². The first-order valence-corrected chi connectivity index (χ1v) is 13.5. The van der Waals surface area contributed by atoms with E-state index in [1.807, 2.05) is 24.3 Å². The molecule has 1 aliphatic heterocycles. The molecule has 1 aromatic heterocycles. The van der Waals surface area contributed by atoms with Crippen molar-refractivity contribution < 1.29 is 18.9 Å². The summed E-state index contributed by atoms with van der Waals surface area (Å²) in [5.74, 6) is 2.42. The number of methoxy groups -OCH3 is 2. The highest BCUT2D eigenvalue weighted by Gasteiger charge is 2.28. The number of hydrogen-bond donors (Lipinski definition) is 0. The number of ether oxygens (including phenoxy) is 4. The van der Waals surface area contributed by atoms with Crippen LogP contribution in [0.2, 0.25) is 0 Å². The van der Waals surface area contributed by atoms with Crippen LogP contribution in [-0.4, -0.2) is 54.4 Å². The molecule has 0 spiro atoms. The molecular formula is C31H37N3O4. The van der Waals surface area contributed by atoms with Gasteiger partial charge in [-0.1, -0.05) is 30.3 Å². The van der Waals surface area contributed by atoms with Crippen LogP contribution in [-0.2, 0) is 17.8 Å². The molecule has 7 heteroatoms. The fraction of sp³-hybridized carbons (Fsp3) is 0.419. The van der Waals surface area contributed by atoms with E-state index in [2.05, 4.69) is 45.2 Å². The van der Waals surface area contributed by atoms with Crippen LogP contribution in [0.5, 0.6) is 17.4 Å². The summed E-state index contributed by atoms with van der Waals surface area (Å²) in [4.78, 5) is 11.7. The minimum Gasteiger partial charge on any atom is -0.497 e. The van der Waals surface area contributed by atoms with E-state index in [1.54, 1.807) is 26.6 Å². The fourth-order valence-electron chi connectivity index (χ4n) is 5.30. The van der Waals surface area contributed by atoms with Gasteiger partial charge >= 0.3 is 0 Å². The zero-order valence-corrected chi connectivity index (χ0v) is 22.3. The van der Waals surface area contributed by atoms with Gasteiger partial charge in [0.25, 0.3) is 0 Å². The molecule has 2 heterocycles. The van der Waals surface area contributed by atoms with Crippen LogP contribution >= 0.6 is 0 Å². The molecule has 1 saturated carbocycles. The van der Waals surface area contributed by atoms with Crippen molar-refractivity contribution in [2.24, 2.45) is 0 Å². The van der Waals surface area contributed by atoms with Gasteiger partial charge in [-0.25, -0.2) is 9.97 Å². The molecule has 0 amide bonds. The van der Waals surface area contributed by atoms with Crippen LogP contribution in [0.3, 0.4) is 0 Å². The van der Waals surface area contributed by atoms with Crippen LogP contribution in [0.4, 0.5) is 0 Å². The average molecular weight is 516 g/mol. The van der Waals surface area contributed by atoms with Gasteiger partial charge in [-0.05, 0) is 73.1 Å². The number of hydrogen-bond acceptors (Lipinski definition) is 7. The number of nitrogens with zero attached hydrogens (tertiary/aromatic N) is 3. The van der Waals surface area contributed by atoms with Crippen molar-refractivity contribution in [1.29, 1.82) is 0 Å². The first-order valence-electron chi connectivity index (χ1n) is 13.5. The second-order valence-electron chi connectivity index (χ2n) is 9.91. The minimum absolute atomic E-state index is 0.144. The molecule has 0 bridgehead atoms. The van der Waals surface area contributed by atoms with Crippen molar-refractivity contribution in [3.8, 4) is 17.4 Å². The van der Waals surface area contributed by atoms with Crippen molar-refractivity contribution in [2.75, 3.05) is 27.4 Å². The molecule has 7 nitrogen and oxygen atoms in total. The molecule has 0 saturated heterocycles. The summed E-state index contributed by atoms with van der Waals surface area (Å²) in [6.07, 6.45) is 10.7. The van der Waals surface area contributed by atoms with Crippen LogP contribution in [0.1, 0.15) is 48.9 Å². The molecule has 3 aromatic rings. The molecule has 0 unspecified atom stereocenters. The van der Waals surface area contributed by atoms with E-state index >= 15 is 0 Å². The second kappa shape index (κ2) is 12.9. The van der Waals surface area contributed by atoms with E-state index in [9.17, 15) is 0 Å². The predicted octanol–water partition coefficient (Wildman–Crippen LogP) is 5.69. The molecule has 0 radical (unpaired) electrons. The third-order valence-electron chi connectivity index (χ3n) is 7.46. The SMILES string of the molecule is COc1ccc(CN(Cc2ccc(OC)cc2)C2CCC(Oc3nccnc3C3=CCOCC3)CC2)cc1. The Labute approximate surface area is 225 Å². The van der Waals surface area contributed by atoms with Crippen molar-refractivity contribution >= 4 is 5.57 Å². The summed E-state index contributed by atoms with van der Waals surface area (Å²) in [6.45, 7) is 3.10. The molecule has 2 aromatic carbocycles. The molecular weight excluding hydrogens is 478 g/mol. The fourth-order valence-corrected chi connectivity index (χ4v) is 5.30. The van der Waals surface area contributed by atoms with Crippen LogP contribution in [0, 0.1) is 0 Å². The molecule has 5 rings (SSSR count). The van der Waals surface area contributed by atoms with E-state index in [1.165, 1.54) is 11.1 Å². The topological polar surface area (TPSA) is 65.9 Å². The summed E-state index contributed by atoms with van der Waals surface area (Å²) in [5.41, 5.74) is 4.59. The third kappa shape index (κ3) is 6.71. The van der Waals surface area contributed by atoms with Crippen LogP contribution in [0.15, 0.2) is 67.0 Å². The van der Waals surface area contributed by atoms with E-state index < -0.39 is 0 Å². The molecule has 1 fully saturated rings. The zero-order chi connectivity index (χ0) is 26.2. The highest BCUT2D eigenvalue weighted by Crippen LogP contribution is 2.32. The predicted molar refractivity (Wildman–Crippen MR) is 147 cm³/mol. The maximum atomic E-state index is 6.45. The average Bonchev–Trinajstić information content (AvgIpc) is 2.99. The number of benzene rings is 2. The lowest BCUT2D eigenvalue weighted by molar-refractivity contribution is 0.0765. The minimum atomic E-state index is 0.144. The first kappa shape index (κ1) is 26.2. The van der Waals surface area contributed by atoms with Crippen molar-refractivity contribution in [3.63, 3.8) is 0 Å². The lowest BCUT2D eigenvalue weighted by Crippen LogP contribution is -2.39. The molecule has 200 valence electrons. The Morgan fingerprint density at radius 1 is 0.816 bits per heavy atom. The Balaban J connectivity index is 1.25. The summed E-state index contributed by atoms with van der Waals surface area (Å²) in [6, 6.07) is 17.3. The number of rotatable bonds is 10. The molecule has 0 atom stereocenters. The van der Waals surface area contributed by atoms with Crippen molar-refractivity contribution in [2.45, 2.75) is 57.3 Å². The van der Waals surface area contributed by atoms with E-state index in [-0.39, 0.29) is 6.10 Å². The van der Waals surface area contributed by atoms with Gasteiger partial charge in [-0.2, -0.15) is 0 Å². The first-order chi connectivity index (χ1) is 18.7. The van der Waals surface area contributed by atoms with Gasteiger partial charge in [0.05, 0.1) is 27.4 Å². The lowest BCUT2D eigenvalue weighted by atomic mass is 9.91. The molecule has 1 aliphatic carbocycles. The van der Waals surface area contributed by atoms with Gasteiger partial charge in [0, 0.05) is 31.5 Å². The standard InChI is InChI=1S/C31H37N3O4/c1-35-27-9-3-23(4-10-27)21-34(22-24-5-11-28(36-2)12-6-24)26-7-13-29(14-8-26)38-31-30(32-17-18-33-31)25-15-19-37-20-16-25/h3-6,9-12,15,17-18,26,29H,7-8,13-14,16,19-22H2,1-2H3. The zero-order valence-electron chi connectivity index (χ0n) is 22.3. The van der Waals surface area contributed by atoms with E-state index in [0.29, 0.717) is 25.1 Å². The Morgan fingerprint density at radius 2 is 1.42 bits per heavy atom. The molecule has 2 aliphatic rings. The maximum absolute atomic E-state index is 6.45. The van der Waals surface area contributed by atoms with Crippen molar-refractivity contribution in [3.05, 3.63) is 83.8 Å². The summed E-state index contributed by atoms with van der Waals surface area (Å²) >= 11 is 0. The maximum Gasteiger partial charge on any atom is 0.240 e. The smallest absolute Gasteiger partial charge is 0.240 e. The third-order valence-corrected chi connectivity index (χ3v) is 7.46. The normalized spacial score (nSPS) is 19.6. The van der Waals surface area contributed by atoms with Crippen LogP contribution < -0.4 is 14.2 Å². The number of aromatic nitrogens is 2. The lowest BCUT2D eigenvalue weighted by Gasteiger charge is -2.37. The second-order valence-corrected chi connectivity index (χ2v) is 9.91. The summed E-state index contributed by atoms with van der Waals surface area (Å²) < 4.78 is 22.6. The van der Waals surface area contributed by atoms with Gasteiger partial charge in [0.1, 0.15) is 23.3 Å². The highest BCUT2D eigenvalue weighted by atomic mass is 16.5. The van der Waals surface area contributed by atoms with E-state index in [4.69, 9.17) is 18.9 Å². The molecule has 0 N–H and O–H groups in total. The Hall–Kier alpha value is -3.42. The summed E-state index contributed by atoms with van der Waals surface area (Å²) in [5, 5.41) is 0. The van der Waals surface area contributed by atoms with Gasteiger partial charge in [-0.3, -0.25) is 4.90 Å². The Kier molecular flexibility index (Phi) is 8.89. The monoisotopic (exact) mass is 515 g/mol. The largest absolute Gasteiger partial charge is 0.497 e. The Morgan fingerprint density at radius 3 is 1.97 bits per heavy atom. The van der Waals surface area contributed by atoms with Gasteiger partial charge in [0.2, 0.25) is 5.88 Å². The molecule has 38 heavy (non-hydrogen) atoms. The van der Waals surface area contributed by atoms with E-state index in [0.717, 1.165) is 68.0 Å². The highest BCUT2D eigenvalue weighted by molar-refractivity contribution is 5.66. The van der Waals surface area contributed by atoms with Crippen molar-refractivity contribution in [1.82, 2.24) is 14.9 Å².